The number of ether oxygens (including phenoxy) is 1. The Hall–Kier alpha value is -2.95. The fourth-order valence-electron chi connectivity index (χ4n) is 4.36. The summed E-state index contributed by atoms with van der Waals surface area (Å²) in [4.78, 5) is 39.7. The molecule has 2 aromatic rings. The Labute approximate surface area is 170 Å². The highest BCUT2D eigenvalue weighted by Gasteiger charge is 2.50. The quantitative estimate of drug-likeness (QED) is 0.441. The first kappa shape index (κ1) is 19.4. The van der Waals surface area contributed by atoms with Crippen LogP contribution >= 0.6 is 0 Å². The number of hydrogen-bond donors (Lipinski definition) is 0. The van der Waals surface area contributed by atoms with E-state index in [4.69, 9.17) is 4.74 Å². The van der Waals surface area contributed by atoms with Crippen molar-refractivity contribution in [2.75, 3.05) is 4.90 Å². The lowest BCUT2D eigenvalue weighted by molar-refractivity contribution is -0.122. The maximum Gasteiger partial charge on any atom is 0.343 e. The average Bonchev–Trinajstić information content (AvgIpc) is 2.94. The molecule has 2 fully saturated rings. The topological polar surface area (TPSA) is 63.7 Å². The summed E-state index contributed by atoms with van der Waals surface area (Å²) in [5, 5.41) is 0. The zero-order valence-electron chi connectivity index (χ0n) is 17.0. The average molecular weight is 391 g/mol. The predicted octanol–water partition coefficient (Wildman–Crippen LogP) is 4.45. The fourth-order valence-corrected chi connectivity index (χ4v) is 4.36. The summed E-state index contributed by atoms with van der Waals surface area (Å²) in [6, 6.07) is 12.0. The largest absolute Gasteiger partial charge is 0.423 e. The van der Waals surface area contributed by atoms with Crippen molar-refractivity contribution < 1.29 is 19.1 Å². The molecule has 2 aliphatic rings. The number of benzene rings is 2. The standard InChI is InChI=1S/C24H25NO4/c1-14-7-10-20-21(11-14)23(27)25(22(20)26)18-6-4-5-17(13-18)24(28)29-19-9-8-15(2)16(3)12-19/h4-6,8-9,12-14,20-21H,7,10-11H2,1-3H3/t14-,20+,21+/m1/s1. The second kappa shape index (κ2) is 7.47. The first-order chi connectivity index (χ1) is 13.8. The molecule has 2 amide bonds. The molecule has 1 saturated carbocycles. The first-order valence-electron chi connectivity index (χ1n) is 10.1. The molecular weight excluding hydrogens is 366 g/mol. The van der Waals surface area contributed by atoms with Crippen LogP contribution in [-0.4, -0.2) is 17.8 Å². The van der Waals surface area contributed by atoms with Crippen molar-refractivity contribution in [3.05, 3.63) is 59.2 Å². The Kier molecular flexibility index (Phi) is 4.99. The molecule has 0 radical (unpaired) electrons. The predicted molar refractivity (Wildman–Crippen MR) is 110 cm³/mol. The van der Waals surface area contributed by atoms with Crippen LogP contribution in [0.3, 0.4) is 0 Å². The van der Waals surface area contributed by atoms with E-state index in [0.29, 0.717) is 22.9 Å². The van der Waals surface area contributed by atoms with Crippen molar-refractivity contribution in [1.29, 1.82) is 0 Å². The van der Waals surface area contributed by atoms with Crippen LogP contribution in [0.25, 0.3) is 0 Å². The van der Waals surface area contributed by atoms with Gasteiger partial charge in [0.2, 0.25) is 11.8 Å². The third-order valence-electron chi connectivity index (χ3n) is 6.22. The van der Waals surface area contributed by atoms with E-state index in [2.05, 4.69) is 6.92 Å². The molecule has 0 spiro atoms. The summed E-state index contributed by atoms with van der Waals surface area (Å²) in [6.45, 7) is 6.07. The van der Waals surface area contributed by atoms with Gasteiger partial charge in [0.1, 0.15) is 5.75 Å². The van der Waals surface area contributed by atoms with Gasteiger partial charge in [-0.1, -0.05) is 19.1 Å². The van der Waals surface area contributed by atoms with Crippen LogP contribution in [0.4, 0.5) is 5.69 Å². The molecule has 1 aliphatic heterocycles. The highest BCUT2D eigenvalue weighted by atomic mass is 16.5. The van der Waals surface area contributed by atoms with Gasteiger partial charge in [0.25, 0.3) is 0 Å². The van der Waals surface area contributed by atoms with Crippen molar-refractivity contribution in [2.24, 2.45) is 17.8 Å². The molecule has 5 heteroatoms. The first-order valence-corrected chi connectivity index (χ1v) is 10.1. The van der Waals surface area contributed by atoms with Gasteiger partial charge in [0, 0.05) is 0 Å². The summed E-state index contributed by atoms with van der Waals surface area (Å²) in [5.74, 6) is -0.357. The number of nitrogens with zero attached hydrogens (tertiary/aromatic N) is 1. The van der Waals surface area contributed by atoms with E-state index in [-0.39, 0.29) is 23.7 Å². The van der Waals surface area contributed by atoms with Crippen LogP contribution in [0.5, 0.6) is 5.75 Å². The number of amides is 2. The molecular formula is C24H25NO4. The van der Waals surface area contributed by atoms with Crippen LogP contribution < -0.4 is 9.64 Å². The maximum atomic E-state index is 12.9. The highest BCUT2D eigenvalue weighted by molar-refractivity contribution is 6.22. The Morgan fingerprint density at radius 2 is 1.72 bits per heavy atom. The van der Waals surface area contributed by atoms with Gasteiger partial charge in [-0.2, -0.15) is 0 Å². The third kappa shape index (κ3) is 3.57. The third-order valence-corrected chi connectivity index (χ3v) is 6.22. The van der Waals surface area contributed by atoms with E-state index < -0.39 is 5.97 Å². The number of rotatable bonds is 3. The van der Waals surface area contributed by atoms with E-state index in [0.717, 1.165) is 30.4 Å². The molecule has 2 aromatic carbocycles. The Morgan fingerprint density at radius 1 is 0.966 bits per heavy atom. The Balaban J connectivity index is 1.57. The maximum absolute atomic E-state index is 12.9. The van der Waals surface area contributed by atoms with Crippen LogP contribution in [0.15, 0.2) is 42.5 Å². The minimum absolute atomic E-state index is 0.147. The monoisotopic (exact) mass is 391 g/mol. The van der Waals surface area contributed by atoms with Crippen molar-refractivity contribution in [1.82, 2.24) is 0 Å². The van der Waals surface area contributed by atoms with Crippen molar-refractivity contribution in [2.45, 2.75) is 40.0 Å². The minimum atomic E-state index is -0.514. The van der Waals surface area contributed by atoms with Crippen molar-refractivity contribution in [3.63, 3.8) is 0 Å². The molecule has 3 atom stereocenters. The summed E-state index contributed by atoms with van der Waals surface area (Å²) >= 11 is 0. The number of imide groups is 1. The number of aryl methyl sites for hydroxylation is 2. The van der Waals surface area contributed by atoms with E-state index in [1.165, 1.54) is 4.90 Å². The minimum Gasteiger partial charge on any atom is -0.423 e. The van der Waals surface area contributed by atoms with Gasteiger partial charge in [-0.05, 0) is 80.5 Å². The lowest BCUT2D eigenvalue weighted by atomic mass is 9.76. The number of carbonyl (C=O) groups excluding carboxylic acids is 3. The molecule has 5 nitrogen and oxygen atoms in total. The zero-order chi connectivity index (χ0) is 20.7. The Morgan fingerprint density at radius 3 is 2.48 bits per heavy atom. The van der Waals surface area contributed by atoms with Gasteiger partial charge in [0.15, 0.2) is 0 Å². The highest BCUT2D eigenvalue weighted by Crippen LogP contribution is 2.42. The van der Waals surface area contributed by atoms with Crippen molar-refractivity contribution >= 4 is 23.5 Å². The molecule has 0 aromatic heterocycles. The second-order valence-electron chi connectivity index (χ2n) is 8.33. The van der Waals surface area contributed by atoms with E-state index >= 15 is 0 Å². The van der Waals surface area contributed by atoms with E-state index in [9.17, 15) is 14.4 Å². The zero-order valence-corrected chi connectivity index (χ0v) is 17.0. The van der Waals surface area contributed by atoms with Gasteiger partial charge in [-0.25, -0.2) is 4.79 Å². The summed E-state index contributed by atoms with van der Waals surface area (Å²) in [6.07, 6.45) is 2.47. The van der Waals surface area contributed by atoms with Gasteiger partial charge in [-0.15, -0.1) is 0 Å². The second-order valence-corrected chi connectivity index (χ2v) is 8.33. The van der Waals surface area contributed by atoms with Crippen molar-refractivity contribution in [3.8, 4) is 5.75 Å². The summed E-state index contributed by atoms with van der Waals surface area (Å²) in [5.41, 5.74) is 2.91. The molecule has 0 N–H and O–H groups in total. The number of hydrogen-bond acceptors (Lipinski definition) is 4. The van der Waals surface area contributed by atoms with Gasteiger partial charge in [-0.3, -0.25) is 14.5 Å². The molecule has 0 bridgehead atoms. The number of carbonyl (C=O) groups is 3. The molecule has 1 heterocycles. The number of fused-ring (bicyclic) bond motifs is 1. The molecule has 150 valence electrons. The van der Waals surface area contributed by atoms with Crippen LogP contribution in [0.1, 0.15) is 47.7 Å². The number of esters is 1. The van der Waals surface area contributed by atoms with Crippen LogP contribution in [0, 0.1) is 31.6 Å². The molecule has 1 aliphatic carbocycles. The van der Waals surface area contributed by atoms with E-state index in [1.54, 1.807) is 30.3 Å². The smallest absolute Gasteiger partial charge is 0.343 e. The summed E-state index contributed by atoms with van der Waals surface area (Å²) < 4.78 is 5.49. The SMILES string of the molecule is Cc1ccc(OC(=O)c2cccc(N3C(=O)[C@H]4CC[C@@H](C)C[C@@H]4C3=O)c2)cc1C. The normalized spacial score (nSPS) is 23.8. The summed E-state index contributed by atoms with van der Waals surface area (Å²) in [7, 11) is 0. The van der Waals surface area contributed by atoms with E-state index in [1.807, 2.05) is 26.0 Å². The Bertz CT molecular complexity index is 996. The van der Waals surface area contributed by atoms with Crippen LogP contribution in [0.2, 0.25) is 0 Å². The molecule has 1 saturated heterocycles. The van der Waals surface area contributed by atoms with Gasteiger partial charge < -0.3 is 4.74 Å². The molecule has 29 heavy (non-hydrogen) atoms. The lowest BCUT2D eigenvalue weighted by Gasteiger charge is -2.25. The molecule has 0 unspecified atom stereocenters. The number of anilines is 1. The fraction of sp³-hybridized carbons (Fsp3) is 0.375. The molecule has 4 rings (SSSR count). The lowest BCUT2D eigenvalue weighted by Crippen LogP contribution is -2.31. The van der Waals surface area contributed by atoms with Crippen LogP contribution in [-0.2, 0) is 9.59 Å². The van der Waals surface area contributed by atoms with Gasteiger partial charge in [0.05, 0.1) is 23.1 Å². The van der Waals surface area contributed by atoms with Gasteiger partial charge >= 0.3 is 5.97 Å².